The van der Waals surface area contributed by atoms with Crippen LogP contribution in [0.3, 0.4) is 0 Å². The van der Waals surface area contributed by atoms with Gasteiger partial charge in [0.15, 0.2) is 0 Å². The van der Waals surface area contributed by atoms with Gasteiger partial charge in [0, 0.05) is 25.1 Å². The van der Waals surface area contributed by atoms with Crippen LogP contribution in [0, 0.1) is 6.92 Å². The summed E-state index contributed by atoms with van der Waals surface area (Å²) < 4.78 is 1.93. The van der Waals surface area contributed by atoms with Crippen LogP contribution in [0.2, 0.25) is 0 Å². The molecule has 0 aliphatic heterocycles. The molecule has 0 fully saturated rings. The van der Waals surface area contributed by atoms with E-state index in [0.29, 0.717) is 0 Å². The predicted octanol–water partition coefficient (Wildman–Crippen LogP) is 2.17. The van der Waals surface area contributed by atoms with Crippen molar-refractivity contribution in [1.82, 2.24) is 25.1 Å². The Morgan fingerprint density at radius 1 is 1.24 bits per heavy atom. The maximum absolute atomic E-state index is 4.66. The zero-order valence-electron chi connectivity index (χ0n) is 12.5. The van der Waals surface area contributed by atoms with Crippen LogP contribution in [0.4, 0.5) is 0 Å². The van der Waals surface area contributed by atoms with E-state index in [4.69, 9.17) is 0 Å². The fourth-order valence-corrected chi connectivity index (χ4v) is 2.66. The van der Waals surface area contributed by atoms with Crippen LogP contribution < -0.4 is 5.32 Å². The first-order valence-corrected chi connectivity index (χ1v) is 7.06. The number of benzene rings is 1. The third-order valence-electron chi connectivity index (χ3n) is 3.73. The van der Waals surface area contributed by atoms with Crippen molar-refractivity contribution in [2.24, 2.45) is 7.05 Å². The number of likely N-dealkylation sites (N-methyl/N-ethyl adjacent to an activating group) is 1. The Hall–Kier alpha value is -2.27. The number of rotatable bonds is 4. The van der Waals surface area contributed by atoms with Crippen molar-refractivity contribution in [2.75, 3.05) is 7.05 Å². The van der Waals surface area contributed by atoms with Crippen molar-refractivity contribution < 1.29 is 0 Å². The molecule has 0 saturated carbocycles. The molecule has 5 nitrogen and oxygen atoms in total. The second-order valence-electron chi connectivity index (χ2n) is 5.16. The van der Waals surface area contributed by atoms with E-state index in [1.165, 1.54) is 5.39 Å². The molecule has 0 aliphatic rings. The first kappa shape index (κ1) is 13.7. The van der Waals surface area contributed by atoms with E-state index >= 15 is 0 Å². The lowest BCUT2D eigenvalue weighted by atomic mass is 10.0. The van der Waals surface area contributed by atoms with E-state index < -0.39 is 0 Å². The fourth-order valence-electron chi connectivity index (χ4n) is 2.66. The lowest BCUT2D eigenvalue weighted by Gasteiger charge is -2.14. The average molecular weight is 281 g/mol. The first-order chi connectivity index (χ1) is 10.2. The molecule has 1 unspecified atom stereocenters. The smallest absolute Gasteiger partial charge is 0.125 e. The Kier molecular flexibility index (Phi) is 3.66. The molecule has 0 radical (unpaired) electrons. The minimum absolute atomic E-state index is 0.130. The Bertz CT molecular complexity index is 762. The monoisotopic (exact) mass is 281 g/mol. The van der Waals surface area contributed by atoms with Gasteiger partial charge in [-0.05, 0) is 26.1 Å². The molecule has 5 heteroatoms. The molecule has 0 saturated heterocycles. The Balaban J connectivity index is 1.96. The third-order valence-corrected chi connectivity index (χ3v) is 3.73. The minimum Gasteiger partial charge on any atom is -0.311 e. The summed E-state index contributed by atoms with van der Waals surface area (Å²) in [5, 5.41) is 9.19. The zero-order valence-corrected chi connectivity index (χ0v) is 12.5. The molecule has 1 aromatic carbocycles. The summed E-state index contributed by atoms with van der Waals surface area (Å²) >= 11 is 0. The molecule has 21 heavy (non-hydrogen) atoms. The number of nitrogens with zero attached hydrogens (tertiary/aromatic N) is 4. The Morgan fingerprint density at radius 2 is 2.05 bits per heavy atom. The molecule has 0 aliphatic carbocycles. The highest BCUT2D eigenvalue weighted by Crippen LogP contribution is 2.22. The Morgan fingerprint density at radius 3 is 2.81 bits per heavy atom. The van der Waals surface area contributed by atoms with Crippen LogP contribution in [0.15, 0.2) is 36.5 Å². The Labute approximate surface area is 124 Å². The van der Waals surface area contributed by atoms with Gasteiger partial charge in [0.25, 0.3) is 0 Å². The highest BCUT2D eigenvalue weighted by molar-refractivity contribution is 5.81. The van der Waals surface area contributed by atoms with Crippen LogP contribution in [-0.4, -0.2) is 26.8 Å². The number of aryl methyl sites for hydroxylation is 2. The van der Waals surface area contributed by atoms with Crippen LogP contribution >= 0.6 is 0 Å². The average Bonchev–Trinajstić information content (AvgIpc) is 2.82. The third kappa shape index (κ3) is 2.64. The molecule has 1 atom stereocenters. The van der Waals surface area contributed by atoms with E-state index in [9.17, 15) is 0 Å². The number of hydrogen-bond donors (Lipinski definition) is 1. The normalized spacial score (nSPS) is 12.7. The van der Waals surface area contributed by atoms with Gasteiger partial charge in [-0.2, -0.15) is 5.10 Å². The number of aromatic nitrogens is 4. The standard InChI is InChI=1S/C16H19N5/c1-11-18-9-8-13(19-11)15(17-2)10-14-12-6-4-5-7-16(12)21(3)20-14/h4-9,15,17H,10H2,1-3H3. The van der Waals surface area contributed by atoms with Crippen LogP contribution in [0.1, 0.15) is 23.3 Å². The molecular weight excluding hydrogens is 262 g/mol. The van der Waals surface area contributed by atoms with Gasteiger partial charge in [0.2, 0.25) is 0 Å². The molecule has 108 valence electrons. The predicted molar refractivity (Wildman–Crippen MR) is 83.0 cm³/mol. The van der Waals surface area contributed by atoms with Gasteiger partial charge in [-0.25, -0.2) is 9.97 Å². The molecule has 3 rings (SSSR count). The summed E-state index contributed by atoms with van der Waals surface area (Å²) in [6.45, 7) is 1.91. The van der Waals surface area contributed by atoms with E-state index in [-0.39, 0.29) is 6.04 Å². The summed E-state index contributed by atoms with van der Waals surface area (Å²) in [6.07, 6.45) is 2.60. The highest BCUT2D eigenvalue weighted by atomic mass is 15.3. The minimum atomic E-state index is 0.130. The first-order valence-electron chi connectivity index (χ1n) is 7.06. The van der Waals surface area contributed by atoms with Crippen molar-refractivity contribution in [3.05, 3.63) is 53.7 Å². The maximum Gasteiger partial charge on any atom is 0.125 e. The van der Waals surface area contributed by atoms with Crippen molar-refractivity contribution >= 4 is 10.9 Å². The van der Waals surface area contributed by atoms with Gasteiger partial charge >= 0.3 is 0 Å². The van der Waals surface area contributed by atoms with Gasteiger partial charge < -0.3 is 5.32 Å². The zero-order chi connectivity index (χ0) is 14.8. The van der Waals surface area contributed by atoms with Crippen molar-refractivity contribution in [3.8, 4) is 0 Å². The quantitative estimate of drug-likeness (QED) is 0.796. The van der Waals surface area contributed by atoms with Crippen LogP contribution in [0.25, 0.3) is 10.9 Å². The fraction of sp³-hybridized carbons (Fsp3) is 0.312. The van der Waals surface area contributed by atoms with Crippen molar-refractivity contribution in [1.29, 1.82) is 0 Å². The molecule has 2 aromatic heterocycles. The number of fused-ring (bicyclic) bond motifs is 1. The lowest BCUT2D eigenvalue weighted by Crippen LogP contribution is -2.21. The molecule has 0 amide bonds. The van der Waals surface area contributed by atoms with Crippen LogP contribution in [-0.2, 0) is 13.5 Å². The van der Waals surface area contributed by atoms with E-state index in [2.05, 4.69) is 38.6 Å². The lowest BCUT2D eigenvalue weighted by molar-refractivity contribution is 0.561. The van der Waals surface area contributed by atoms with Gasteiger partial charge in [-0.1, -0.05) is 18.2 Å². The second kappa shape index (κ2) is 5.61. The SMILES string of the molecule is CNC(Cc1nn(C)c2ccccc12)c1ccnc(C)n1. The molecular formula is C16H19N5. The highest BCUT2D eigenvalue weighted by Gasteiger charge is 2.16. The van der Waals surface area contributed by atoms with Gasteiger partial charge in [0.1, 0.15) is 5.82 Å². The molecule has 1 N–H and O–H groups in total. The number of hydrogen-bond acceptors (Lipinski definition) is 4. The molecule has 2 heterocycles. The summed E-state index contributed by atoms with van der Waals surface area (Å²) in [7, 11) is 3.93. The maximum atomic E-state index is 4.66. The molecule has 0 bridgehead atoms. The number of nitrogens with one attached hydrogen (secondary N) is 1. The van der Waals surface area contributed by atoms with Crippen molar-refractivity contribution in [2.45, 2.75) is 19.4 Å². The largest absolute Gasteiger partial charge is 0.311 e. The summed E-state index contributed by atoms with van der Waals surface area (Å²) in [5.74, 6) is 0.790. The second-order valence-corrected chi connectivity index (χ2v) is 5.16. The summed E-state index contributed by atoms with van der Waals surface area (Å²) in [5.41, 5.74) is 3.24. The van der Waals surface area contributed by atoms with Gasteiger partial charge in [-0.3, -0.25) is 4.68 Å². The van der Waals surface area contributed by atoms with Gasteiger partial charge in [-0.15, -0.1) is 0 Å². The topological polar surface area (TPSA) is 55.6 Å². The van der Waals surface area contributed by atoms with E-state index in [0.717, 1.165) is 29.1 Å². The van der Waals surface area contributed by atoms with Crippen molar-refractivity contribution in [3.63, 3.8) is 0 Å². The van der Waals surface area contributed by atoms with E-state index in [1.807, 2.05) is 37.8 Å². The summed E-state index contributed by atoms with van der Waals surface area (Å²) in [4.78, 5) is 8.68. The van der Waals surface area contributed by atoms with Gasteiger partial charge in [0.05, 0.1) is 22.9 Å². The number of para-hydroxylation sites is 1. The molecule has 3 aromatic rings. The molecule has 0 spiro atoms. The summed E-state index contributed by atoms with van der Waals surface area (Å²) in [6, 6.07) is 10.4. The van der Waals surface area contributed by atoms with Crippen LogP contribution in [0.5, 0.6) is 0 Å². The van der Waals surface area contributed by atoms with E-state index in [1.54, 1.807) is 6.20 Å².